The summed E-state index contributed by atoms with van der Waals surface area (Å²) in [7, 11) is 0. The van der Waals surface area contributed by atoms with Crippen LogP contribution in [0.2, 0.25) is 0 Å². The fraction of sp³-hybridized carbons (Fsp3) is 0.538. The number of aliphatic hydroxyl groups excluding tert-OH is 1. The predicted molar refractivity (Wildman–Crippen MR) is 58.4 cm³/mol. The second-order valence-electron chi connectivity index (χ2n) is 4.43. The van der Waals surface area contributed by atoms with Crippen LogP contribution in [-0.4, -0.2) is 11.2 Å². The third-order valence-electron chi connectivity index (χ3n) is 3.20. The van der Waals surface area contributed by atoms with E-state index in [-0.39, 0.29) is 6.10 Å². The highest BCUT2D eigenvalue weighted by atomic mass is 16.3. The zero-order chi connectivity index (χ0) is 9.97. The van der Waals surface area contributed by atoms with Crippen LogP contribution in [0.4, 0.5) is 0 Å². The van der Waals surface area contributed by atoms with E-state index in [9.17, 15) is 5.11 Å². The summed E-state index contributed by atoms with van der Waals surface area (Å²) in [5.74, 6) is 0.583. The Morgan fingerprint density at radius 3 is 2.50 bits per heavy atom. The van der Waals surface area contributed by atoms with Crippen LogP contribution in [0.1, 0.15) is 42.7 Å². The van der Waals surface area contributed by atoms with Crippen molar-refractivity contribution in [3.05, 3.63) is 35.4 Å². The molecule has 2 atom stereocenters. The molecule has 0 bridgehead atoms. The molecular formula is C13H18O. The molecule has 1 N–H and O–H groups in total. The number of hydrogen-bond acceptors (Lipinski definition) is 1. The Morgan fingerprint density at radius 2 is 1.86 bits per heavy atom. The van der Waals surface area contributed by atoms with E-state index in [0.29, 0.717) is 5.92 Å². The van der Waals surface area contributed by atoms with E-state index in [1.165, 1.54) is 24.0 Å². The van der Waals surface area contributed by atoms with Crippen LogP contribution in [0.5, 0.6) is 0 Å². The van der Waals surface area contributed by atoms with E-state index in [2.05, 4.69) is 31.2 Å². The molecule has 0 saturated heterocycles. The summed E-state index contributed by atoms with van der Waals surface area (Å²) < 4.78 is 0. The van der Waals surface area contributed by atoms with Crippen LogP contribution in [0, 0.1) is 6.92 Å². The first-order valence-electron chi connectivity index (χ1n) is 5.50. The summed E-state index contributed by atoms with van der Waals surface area (Å²) in [4.78, 5) is 0. The fourth-order valence-electron chi connectivity index (χ4n) is 2.31. The molecule has 1 saturated carbocycles. The molecule has 1 heteroatoms. The molecule has 2 unspecified atom stereocenters. The molecule has 0 heterocycles. The Bertz CT molecular complexity index is 289. The minimum atomic E-state index is -0.0740. The highest BCUT2D eigenvalue weighted by Crippen LogP contribution is 2.32. The van der Waals surface area contributed by atoms with Gasteiger partial charge in [-0.3, -0.25) is 0 Å². The summed E-state index contributed by atoms with van der Waals surface area (Å²) in [6.07, 6.45) is 4.26. The molecule has 76 valence electrons. The molecular weight excluding hydrogens is 172 g/mol. The molecule has 1 aromatic carbocycles. The Kier molecular flexibility index (Phi) is 2.87. The van der Waals surface area contributed by atoms with Crippen molar-refractivity contribution in [3.8, 4) is 0 Å². The van der Waals surface area contributed by atoms with Gasteiger partial charge in [-0.25, -0.2) is 0 Å². The van der Waals surface area contributed by atoms with Gasteiger partial charge in [0.05, 0.1) is 6.10 Å². The van der Waals surface area contributed by atoms with E-state index in [0.717, 1.165) is 12.8 Å². The van der Waals surface area contributed by atoms with Crippen LogP contribution >= 0.6 is 0 Å². The fourth-order valence-corrected chi connectivity index (χ4v) is 2.31. The van der Waals surface area contributed by atoms with Crippen molar-refractivity contribution in [2.75, 3.05) is 0 Å². The third-order valence-corrected chi connectivity index (χ3v) is 3.20. The lowest BCUT2D eigenvalue weighted by atomic mass is 9.82. The quantitative estimate of drug-likeness (QED) is 0.721. The van der Waals surface area contributed by atoms with Gasteiger partial charge in [0.25, 0.3) is 0 Å². The van der Waals surface area contributed by atoms with Crippen molar-refractivity contribution < 1.29 is 5.11 Å². The van der Waals surface area contributed by atoms with Crippen molar-refractivity contribution in [2.24, 2.45) is 0 Å². The maximum atomic E-state index is 9.60. The van der Waals surface area contributed by atoms with Crippen molar-refractivity contribution in [3.63, 3.8) is 0 Å². The zero-order valence-corrected chi connectivity index (χ0v) is 8.74. The maximum Gasteiger partial charge on any atom is 0.0546 e. The second-order valence-corrected chi connectivity index (χ2v) is 4.43. The summed E-state index contributed by atoms with van der Waals surface area (Å²) in [6.45, 7) is 2.11. The lowest BCUT2D eigenvalue weighted by molar-refractivity contribution is 0.119. The molecule has 0 aliphatic heterocycles. The van der Waals surface area contributed by atoms with Gasteiger partial charge in [-0.2, -0.15) is 0 Å². The van der Waals surface area contributed by atoms with Gasteiger partial charge in [-0.15, -0.1) is 0 Å². The van der Waals surface area contributed by atoms with E-state index >= 15 is 0 Å². The lowest BCUT2D eigenvalue weighted by Gasteiger charge is -2.26. The van der Waals surface area contributed by atoms with E-state index in [1.54, 1.807) is 0 Å². The Balaban J connectivity index is 2.10. The van der Waals surface area contributed by atoms with Crippen LogP contribution < -0.4 is 0 Å². The molecule has 0 amide bonds. The number of aryl methyl sites for hydroxylation is 1. The van der Waals surface area contributed by atoms with Crippen LogP contribution in [-0.2, 0) is 0 Å². The first-order valence-corrected chi connectivity index (χ1v) is 5.50. The van der Waals surface area contributed by atoms with Gasteiger partial charge in [-0.1, -0.05) is 36.2 Å². The second kappa shape index (κ2) is 4.14. The minimum absolute atomic E-state index is 0.0740. The highest BCUT2D eigenvalue weighted by molar-refractivity contribution is 5.24. The summed E-state index contributed by atoms with van der Waals surface area (Å²) in [5.41, 5.74) is 2.71. The van der Waals surface area contributed by atoms with Gasteiger partial charge in [0.1, 0.15) is 0 Å². The molecule has 1 fully saturated rings. The van der Waals surface area contributed by atoms with E-state index < -0.39 is 0 Å². The number of rotatable bonds is 1. The standard InChI is InChI=1S/C13H18O/c1-10-5-7-11(8-6-10)12-3-2-4-13(14)9-12/h5-8,12-14H,2-4,9H2,1H3. The molecule has 1 aliphatic rings. The summed E-state index contributed by atoms with van der Waals surface area (Å²) in [5, 5.41) is 9.60. The Hall–Kier alpha value is -0.820. The van der Waals surface area contributed by atoms with E-state index in [1.807, 2.05) is 0 Å². The molecule has 1 aromatic rings. The van der Waals surface area contributed by atoms with Crippen molar-refractivity contribution in [1.82, 2.24) is 0 Å². The van der Waals surface area contributed by atoms with Crippen molar-refractivity contribution in [2.45, 2.75) is 44.6 Å². The third kappa shape index (κ3) is 2.16. The average Bonchev–Trinajstić information content (AvgIpc) is 2.19. The topological polar surface area (TPSA) is 20.2 Å². The smallest absolute Gasteiger partial charge is 0.0546 e. The molecule has 2 rings (SSSR count). The van der Waals surface area contributed by atoms with Gasteiger partial charge in [0.2, 0.25) is 0 Å². The zero-order valence-electron chi connectivity index (χ0n) is 8.74. The molecule has 0 radical (unpaired) electrons. The minimum Gasteiger partial charge on any atom is -0.393 e. The normalized spacial score (nSPS) is 27.6. The van der Waals surface area contributed by atoms with Gasteiger partial charge < -0.3 is 5.11 Å². The maximum absolute atomic E-state index is 9.60. The molecule has 1 aliphatic carbocycles. The monoisotopic (exact) mass is 190 g/mol. The molecule has 0 aromatic heterocycles. The number of aliphatic hydroxyl groups is 1. The number of hydrogen-bond donors (Lipinski definition) is 1. The van der Waals surface area contributed by atoms with Crippen LogP contribution in [0.3, 0.4) is 0 Å². The van der Waals surface area contributed by atoms with Gasteiger partial charge in [0, 0.05) is 0 Å². The SMILES string of the molecule is Cc1ccc(C2CCCC(O)C2)cc1. The summed E-state index contributed by atoms with van der Waals surface area (Å²) in [6, 6.07) is 8.74. The Morgan fingerprint density at radius 1 is 1.14 bits per heavy atom. The lowest BCUT2D eigenvalue weighted by Crippen LogP contribution is -2.18. The van der Waals surface area contributed by atoms with E-state index in [4.69, 9.17) is 0 Å². The van der Waals surface area contributed by atoms with Gasteiger partial charge in [-0.05, 0) is 37.7 Å². The molecule has 1 nitrogen and oxygen atoms in total. The molecule has 14 heavy (non-hydrogen) atoms. The van der Waals surface area contributed by atoms with Crippen molar-refractivity contribution in [1.29, 1.82) is 0 Å². The predicted octanol–water partition coefficient (Wildman–Crippen LogP) is 3.01. The van der Waals surface area contributed by atoms with Crippen molar-refractivity contribution >= 4 is 0 Å². The first kappa shape index (κ1) is 9.72. The summed E-state index contributed by atoms with van der Waals surface area (Å²) >= 11 is 0. The first-order chi connectivity index (χ1) is 6.75. The highest BCUT2D eigenvalue weighted by Gasteiger charge is 2.21. The Labute approximate surface area is 85.8 Å². The average molecular weight is 190 g/mol. The molecule has 0 spiro atoms. The van der Waals surface area contributed by atoms with Gasteiger partial charge in [0.15, 0.2) is 0 Å². The van der Waals surface area contributed by atoms with Crippen LogP contribution in [0.15, 0.2) is 24.3 Å². The van der Waals surface area contributed by atoms with Crippen LogP contribution in [0.25, 0.3) is 0 Å². The van der Waals surface area contributed by atoms with Gasteiger partial charge >= 0.3 is 0 Å². The number of benzene rings is 1. The largest absolute Gasteiger partial charge is 0.393 e.